The molecule has 4 rings (SSSR count). The van der Waals surface area contributed by atoms with Gasteiger partial charge < -0.3 is 0 Å². The van der Waals surface area contributed by atoms with Crippen LogP contribution in [-0.4, -0.2) is 20.7 Å². The fourth-order valence-electron chi connectivity index (χ4n) is 2.60. The topological polar surface area (TPSA) is 74.8 Å². The molecule has 2 aromatic carbocycles. The molecule has 1 amide bonds. The molecule has 0 bridgehead atoms. The van der Waals surface area contributed by atoms with Gasteiger partial charge in [-0.1, -0.05) is 36.0 Å². The molecule has 0 atom stereocenters. The number of rotatable bonds is 2. The van der Waals surface area contributed by atoms with Crippen molar-refractivity contribution in [1.29, 1.82) is 5.26 Å². The number of carbonyl (C=O) groups excluding carboxylic acids is 1. The lowest BCUT2D eigenvalue weighted by Gasteiger charge is -2.30. The van der Waals surface area contributed by atoms with Gasteiger partial charge in [-0.05, 0) is 24.3 Å². The Bertz CT molecular complexity index is 929. The molecule has 0 saturated heterocycles. The van der Waals surface area contributed by atoms with Crippen molar-refractivity contribution in [3.63, 3.8) is 0 Å². The van der Waals surface area contributed by atoms with Crippen molar-refractivity contribution in [3.8, 4) is 6.07 Å². The second-order valence-corrected chi connectivity index (χ2v) is 6.23. The van der Waals surface area contributed by atoms with Crippen molar-refractivity contribution in [2.24, 2.45) is 0 Å². The van der Waals surface area contributed by atoms with E-state index in [1.54, 1.807) is 16.7 Å². The molecular weight excluding hydrogens is 322 g/mol. The van der Waals surface area contributed by atoms with Gasteiger partial charge in [-0.25, -0.2) is 9.67 Å². The van der Waals surface area contributed by atoms with Gasteiger partial charge in [0.2, 0.25) is 0 Å². The lowest BCUT2D eigenvalue weighted by atomic mass is 10.2. The van der Waals surface area contributed by atoms with Crippen LogP contribution in [0.3, 0.4) is 0 Å². The van der Waals surface area contributed by atoms with Gasteiger partial charge >= 0.3 is 0 Å². The van der Waals surface area contributed by atoms with Crippen LogP contribution >= 0.6 is 11.8 Å². The van der Waals surface area contributed by atoms with Crippen LogP contribution in [-0.2, 0) is 11.3 Å². The summed E-state index contributed by atoms with van der Waals surface area (Å²) in [6.45, 7) is 0.0159. The molecule has 2 heterocycles. The van der Waals surface area contributed by atoms with Crippen LogP contribution in [0.5, 0.6) is 0 Å². The molecule has 116 valence electrons. The molecular formula is C17H11N5OS. The van der Waals surface area contributed by atoms with Gasteiger partial charge in [0.05, 0.1) is 11.4 Å². The Morgan fingerprint density at radius 2 is 1.71 bits per heavy atom. The number of fused-ring (bicyclic) bond motifs is 2. The summed E-state index contributed by atoms with van der Waals surface area (Å²) in [4.78, 5) is 20.5. The maximum atomic E-state index is 12.9. The second kappa shape index (κ2) is 5.83. The summed E-state index contributed by atoms with van der Waals surface area (Å²) in [5.74, 6) is -0.0811. The van der Waals surface area contributed by atoms with Crippen LogP contribution in [0, 0.1) is 11.3 Å². The number of anilines is 2. The van der Waals surface area contributed by atoms with E-state index in [1.165, 1.54) is 11.0 Å². The van der Waals surface area contributed by atoms with E-state index < -0.39 is 0 Å². The second-order valence-electron chi connectivity index (χ2n) is 5.14. The number of carbonyl (C=O) groups is 1. The fourth-order valence-corrected chi connectivity index (χ4v) is 3.66. The highest BCUT2D eigenvalue weighted by molar-refractivity contribution is 7.99. The zero-order chi connectivity index (χ0) is 16.5. The summed E-state index contributed by atoms with van der Waals surface area (Å²) in [6.07, 6.45) is 1.40. The van der Waals surface area contributed by atoms with Crippen LogP contribution in [0.25, 0.3) is 0 Å². The summed E-state index contributed by atoms with van der Waals surface area (Å²) in [7, 11) is 0. The third kappa shape index (κ3) is 2.43. The minimum absolute atomic E-state index is 0.0159. The molecule has 7 heteroatoms. The molecule has 0 unspecified atom stereocenters. The largest absolute Gasteiger partial charge is 0.277 e. The first-order chi connectivity index (χ1) is 11.8. The van der Waals surface area contributed by atoms with Gasteiger partial charge in [0.1, 0.15) is 18.9 Å². The first kappa shape index (κ1) is 14.5. The van der Waals surface area contributed by atoms with Gasteiger partial charge in [0.25, 0.3) is 11.7 Å². The van der Waals surface area contributed by atoms with E-state index in [0.29, 0.717) is 0 Å². The van der Waals surface area contributed by atoms with Gasteiger partial charge in [-0.2, -0.15) is 5.26 Å². The van der Waals surface area contributed by atoms with Crippen molar-refractivity contribution in [2.45, 2.75) is 16.3 Å². The number of amides is 1. The molecule has 0 fully saturated rings. The average Bonchev–Trinajstić information content (AvgIpc) is 3.07. The van der Waals surface area contributed by atoms with Crippen molar-refractivity contribution in [1.82, 2.24) is 14.8 Å². The quantitative estimate of drug-likeness (QED) is 0.721. The van der Waals surface area contributed by atoms with Crippen molar-refractivity contribution in [2.75, 3.05) is 4.90 Å². The highest BCUT2D eigenvalue weighted by Crippen LogP contribution is 2.47. The van der Waals surface area contributed by atoms with E-state index in [1.807, 2.05) is 54.6 Å². The SMILES string of the molecule is N#Cc1ncn(CC(=O)N2c3ccccc3Sc3ccccc32)n1. The van der Waals surface area contributed by atoms with E-state index in [2.05, 4.69) is 10.1 Å². The smallest absolute Gasteiger partial charge is 0.253 e. The predicted molar refractivity (Wildman–Crippen MR) is 88.9 cm³/mol. The lowest BCUT2D eigenvalue weighted by molar-refractivity contribution is -0.118. The molecule has 1 aliphatic heterocycles. The number of nitrogens with zero attached hydrogens (tertiary/aromatic N) is 5. The van der Waals surface area contributed by atoms with Crippen molar-refractivity contribution in [3.05, 3.63) is 60.7 Å². The van der Waals surface area contributed by atoms with E-state index in [0.717, 1.165) is 21.2 Å². The number of hydrogen-bond acceptors (Lipinski definition) is 5. The lowest BCUT2D eigenvalue weighted by Crippen LogP contribution is -2.31. The Hall–Kier alpha value is -3.11. The fraction of sp³-hybridized carbons (Fsp3) is 0.0588. The molecule has 6 nitrogen and oxygen atoms in total. The van der Waals surface area contributed by atoms with Crippen LogP contribution in [0.15, 0.2) is 64.6 Å². The van der Waals surface area contributed by atoms with E-state index >= 15 is 0 Å². The number of hydrogen-bond donors (Lipinski definition) is 0. The number of nitriles is 1. The van der Waals surface area contributed by atoms with Gasteiger partial charge in [-0.3, -0.25) is 9.69 Å². The summed E-state index contributed by atoms with van der Waals surface area (Å²) in [6, 6.07) is 17.5. The minimum atomic E-state index is -0.135. The number of para-hydroxylation sites is 2. The Kier molecular flexibility index (Phi) is 3.52. The monoisotopic (exact) mass is 333 g/mol. The molecule has 0 radical (unpaired) electrons. The highest BCUT2D eigenvalue weighted by Gasteiger charge is 2.28. The molecule has 0 aliphatic carbocycles. The van der Waals surface area contributed by atoms with Crippen molar-refractivity contribution < 1.29 is 4.79 Å². The minimum Gasteiger partial charge on any atom is -0.277 e. The average molecular weight is 333 g/mol. The summed E-state index contributed by atoms with van der Waals surface area (Å²) in [5, 5.41) is 12.8. The molecule has 24 heavy (non-hydrogen) atoms. The molecule has 1 aromatic heterocycles. The number of benzene rings is 2. The summed E-state index contributed by atoms with van der Waals surface area (Å²) in [5.41, 5.74) is 1.71. The summed E-state index contributed by atoms with van der Waals surface area (Å²) < 4.78 is 1.38. The Balaban J connectivity index is 1.74. The van der Waals surface area contributed by atoms with E-state index in [9.17, 15) is 4.79 Å². The highest BCUT2D eigenvalue weighted by atomic mass is 32.2. The Labute approximate surface area is 142 Å². The maximum absolute atomic E-state index is 12.9. The van der Waals surface area contributed by atoms with Crippen LogP contribution in [0.4, 0.5) is 11.4 Å². The zero-order valence-electron chi connectivity index (χ0n) is 12.5. The molecule has 0 saturated carbocycles. The van der Waals surface area contributed by atoms with Crippen LogP contribution in [0.2, 0.25) is 0 Å². The third-order valence-corrected chi connectivity index (χ3v) is 4.75. The first-order valence-electron chi connectivity index (χ1n) is 7.24. The van der Waals surface area contributed by atoms with Gasteiger partial charge in [-0.15, -0.1) is 5.10 Å². The molecule has 3 aromatic rings. The van der Waals surface area contributed by atoms with Crippen molar-refractivity contribution >= 4 is 29.0 Å². The number of aromatic nitrogens is 3. The van der Waals surface area contributed by atoms with E-state index in [-0.39, 0.29) is 18.3 Å². The standard InChI is InChI=1S/C17H11N5OS/c18-9-16-19-11-21(20-16)10-17(23)22-12-5-1-3-7-14(12)24-15-8-4-2-6-13(15)22/h1-8,11H,10H2. The third-order valence-electron chi connectivity index (χ3n) is 3.62. The van der Waals surface area contributed by atoms with Crippen LogP contribution < -0.4 is 4.90 Å². The van der Waals surface area contributed by atoms with E-state index in [4.69, 9.17) is 5.26 Å². The predicted octanol–water partition coefficient (Wildman–Crippen LogP) is 2.98. The first-order valence-corrected chi connectivity index (χ1v) is 8.06. The molecule has 0 spiro atoms. The maximum Gasteiger partial charge on any atom is 0.253 e. The molecule has 0 N–H and O–H groups in total. The molecule has 1 aliphatic rings. The Morgan fingerprint density at radius 3 is 2.29 bits per heavy atom. The zero-order valence-corrected chi connectivity index (χ0v) is 13.3. The summed E-state index contributed by atoms with van der Waals surface area (Å²) >= 11 is 1.65. The Morgan fingerprint density at radius 1 is 1.08 bits per heavy atom. The van der Waals surface area contributed by atoms with Crippen LogP contribution in [0.1, 0.15) is 5.82 Å². The van der Waals surface area contributed by atoms with Gasteiger partial charge in [0, 0.05) is 9.79 Å². The van der Waals surface area contributed by atoms with Gasteiger partial charge in [0.15, 0.2) is 0 Å². The normalized spacial score (nSPS) is 12.2.